The summed E-state index contributed by atoms with van der Waals surface area (Å²) in [5, 5.41) is 3.11. The zero-order valence-corrected chi connectivity index (χ0v) is 18.5. The molecule has 33 heavy (non-hydrogen) atoms. The van der Waals surface area contributed by atoms with E-state index in [9.17, 15) is 9.59 Å². The lowest BCUT2D eigenvalue weighted by molar-refractivity contribution is -0.127. The molecule has 6 rings (SSSR count). The van der Waals surface area contributed by atoms with E-state index < -0.39 is 11.5 Å². The smallest absolute Gasteiger partial charge is 0.250 e. The number of benzene rings is 3. The van der Waals surface area contributed by atoms with Crippen LogP contribution in [0.2, 0.25) is 0 Å². The molecular formula is C28H26N2O3. The first-order valence-corrected chi connectivity index (χ1v) is 11.6. The van der Waals surface area contributed by atoms with Crippen molar-refractivity contribution in [2.24, 2.45) is 5.92 Å². The van der Waals surface area contributed by atoms with Gasteiger partial charge in [0.25, 0.3) is 0 Å². The normalized spacial score (nSPS) is 27.9. The second-order valence-electron chi connectivity index (χ2n) is 9.18. The number of Topliss-reactive ketones (excluding diaryl/α,β-unsaturated/α-hetero) is 1. The van der Waals surface area contributed by atoms with Crippen LogP contribution < -0.4 is 10.1 Å². The lowest BCUT2D eigenvalue weighted by Crippen LogP contribution is -2.52. The molecule has 3 aromatic rings. The van der Waals surface area contributed by atoms with Gasteiger partial charge in [0.15, 0.2) is 5.78 Å². The highest BCUT2D eigenvalue weighted by atomic mass is 16.5. The van der Waals surface area contributed by atoms with E-state index in [0.29, 0.717) is 11.3 Å². The molecule has 3 heterocycles. The van der Waals surface area contributed by atoms with Crippen LogP contribution in [0.25, 0.3) is 0 Å². The van der Waals surface area contributed by atoms with Crippen molar-refractivity contribution < 1.29 is 14.3 Å². The molecule has 1 spiro atoms. The van der Waals surface area contributed by atoms with Crippen molar-refractivity contribution in [1.29, 1.82) is 0 Å². The van der Waals surface area contributed by atoms with Crippen LogP contribution in [0.15, 0.2) is 78.9 Å². The molecule has 3 aliphatic rings. The molecule has 5 heteroatoms. The first kappa shape index (κ1) is 20.2. The van der Waals surface area contributed by atoms with E-state index in [2.05, 4.69) is 22.3 Å². The van der Waals surface area contributed by atoms with Crippen molar-refractivity contribution in [3.63, 3.8) is 0 Å². The van der Waals surface area contributed by atoms with Crippen molar-refractivity contribution in [1.82, 2.24) is 4.90 Å². The maximum atomic E-state index is 14.3. The third-order valence-electron chi connectivity index (χ3n) is 7.73. The number of ether oxygens (including phenoxy) is 1. The standard InChI is InChI=1S/C28H26N2O3/c1-33-20-14-15-22-21(17-20)28(27(32)29-22)25(26(31)19-11-6-3-7-12-19)24(18-9-4-2-5-10-18)23-13-8-16-30(23)28/h2-7,9-12,14-15,17,23-25H,8,13,16H2,1H3,(H,29,32)/t23-,24-,25+,28+/m0/s1. The summed E-state index contributed by atoms with van der Waals surface area (Å²) in [6.07, 6.45) is 1.97. The van der Waals surface area contributed by atoms with Gasteiger partial charge in [-0.05, 0) is 43.1 Å². The summed E-state index contributed by atoms with van der Waals surface area (Å²) in [7, 11) is 1.63. The summed E-state index contributed by atoms with van der Waals surface area (Å²) in [5.41, 5.74) is 2.33. The van der Waals surface area contributed by atoms with Crippen LogP contribution in [0.3, 0.4) is 0 Å². The zero-order valence-electron chi connectivity index (χ0n) is 18.5. The summed E-state index contributed by atoms with van der Waals surface area (Å²) in [6, 6.07) is 25.5. The van der Waals surface area contributed by atoms with Crippen LogP contribution in [-0.4, -0.2) is 36.3 Å². The molecule has 3 aromatic carbocycles. The van der Waals surface area contributed by atoms with Gasteiger partial charge >= 0.3 is 0 Å². The minimum atomic E-state index is -1.06. The maximum Gasteiger partial charge on any atom is 0.250 e. The van der Waals surface area contributed by atoms with Crippen LogP contribution >= 0.6 is 0 Å². The van der Waals surface area contributed by atoms with Gasteiger partial charge in [-0.25, -0.2) is 0 Å². The number of carbonyl (C=O) groups excluding carboxylic acids is 2. The molecule has 1 amide bonds. The Balaban J connectivity index is 1.63. The van der Waals surface area contributed by atoms with Gasteiger partial charge in [0.1, 0.15) is 11.3 Å². The number of nitrogens with one attached hydrogen (secondary N) is 1. The van der Waals surface area contributed by atoms with Gasteiger partial charge < -0.3 is 10.1 Å². The van der Waals surface area contributed by atoms with Gasteiger partial charge in [-0.2, -0.15) is 0 Å². The maximum absolute atomic E-state index is 14.3. The molecule has 3 aliphatic heterocycles. The molecular weight excluding hydrogens is 412 g/mol. The van der Waals surface area contributed by atoms with Crippen LogP contribution in [0.5, 0.6) is 5.75 Å². The van der Waals surface area contributed by atoms with Crippen LogP contribution in [0, 0.1) is 5.92 Å². The number of fused-ring (bicyclic) bond motifs is 4. The Kier molecular flexibility index (Phi) is 4.63. The molecule has 0 bridgehead atoms. The summed E-state index contributed by atoms with van der Waals surface area (Å²) in [6.45, 7) is 0.788. The third-order valence-corrected chi connectivity index (χ3v) is 7.73. The molecule has 0 aliphatic carbocycles. The largest absolute Gasteiger partial charge is 0.497 e. The van der Waals surface area contributed by atoms with Gasteiger partial charge in [-0.3, -0.25) is 14.5 Å². The first-order valence-electron chi connectivity index (χ1n) is 11.6. The van der Waals surface area contributed by atoms with Crippen molar-refractivity contribution >= 4 is 17.4 Å². The van der Waals surface area contributed by atoms with E-state index in [-0.39, 0.29) is 23.7 Å². The number of amides is 1. The van der Waals surface area contributed by atoms with Crippen LogP contribution in [0.4, 0.5) is 5.69 Å². The monoisotopic (exact) mass is 438 g/mol. The highest BCUT2D eigenvalue weighted by molar-refractivity contribution is 6.12. The third kappa shape index (κ3) is 2.75. The molecule has 166 valence electrons. The Hall–Kier alpha value is -3.44. The molecule has 4 atom stereocenters. The Morgan fingerprint density at radius 3 is 2.48 bits per heavy atom. The molecule has 1 N–H and O–H groups in total. The number of hydrogen-bond acceptors (Lipinski definition) is 4. The minimum absolute atomic E-state index is 0.0182. The summed E-state index contributed by atoms with van der Waals surface area (Å²) < 4.78 is 5.54. The number of ketones is 1. The predicted octanol–water partition coefficient (Wildman–Crippen LogP) is 4.60. The Labute approximate surface area is 193 Å². The highest BCUT2D eigenvalue weighted by Gasteiger charge is 2.69. The number of carbonyl (C=O) groups is 2. The van der Waals surface area contributed by atoms with Gasteiger partial charge in [-0.1, -0.05) is 60.7 Å². The molecule has 2 saturated heterocycles. The van der Waals surface area contributed by atoms with Gasteiger partial charge in [0, 0.05) is 28.8 Å². The quantitative estimate of drug-likeness (QED) is 0.605. The van der Waals surface area contributed by atoms with Gasteiger partial charge in [-0.15, -0.1) is 0 Å². The first-order chi connectivity index (χ1) is 16.2. The SMILES string of the molecule is COc1ccc2c(c1)[C@]1(C(=O)N2)[C@@H](C(=O)c2ccccc2)[C@@H](c2ccccc2)[C@@H]2CCCN21. The topological polar surface area (TPSA) is 58.6 Å². The van der Waals surface area contributed by atoms with Crippen molar-refractivity contribution in [3.05, 3.63) is 95.6 Å². The molecule has 2 fully saturated rings. The predicted molar refractivity (Wildman–Crippen MR) is 126 cm³/mol. The summed E-state index contributed by atoms with van der Waals surface area (Å²) in [4.78, 5) is 30.6. The van der Waals surface area contributed by atoms with Crippen LogP contribution in [0.1, 0.15) is 40.2 Å². The lowest BCUT2D eigenvalue weighted by Gasteiger charge is -2.37. The molecule has 0 unspecified atom stereocenters. The van der Waals surface area contributed by atoms with E-state index in [4.69, 9.17) is 4.74 Å². The fraction of sp³-hybridized carbons (Fsp3) is 0.286. The summed E-state index contributed by atoms with van der Waals surface area (Å²) >= 11 is 0. The number of methoxy groups -OCH3 is 1. The molecule has 0 aromatic heterocycles. The second-order valence-corrected chi connectivity index (χ2v) is 9.18. The van der Waals surface area contributed by atoms with Crippen LogP contribution in [-0.2, 0) is 10.3 Å². The summed E-state index contributed by atoms with van der Waals surface area (Å²) in [5.74, 6) is -0.0188. The average molecular weight is 439 g/mol. The highest BCUT2D eigenvalue weighted by Crippen LogP contribution is 2.61. The molecule has 5 nitrogen and oxygen atoms in total. The molecule has 0 saturated carbocycles. The Morgan fingerprint density at radius 2 is 1.76 bits per heavy atom. The van der Waals surface area contributed by atoms with Gasteiger partial charge in [0.2, 0.25) is 5.91 Å². The number of nitrogens with zero attached hydrogens (tertiary/aromatic N) is 1. The Bertz CT molecular complexity index is 1230. The Morgan fingerprint density at radius 1 is 1.03 bits per heavy atom. The van der Waals surface area contributed by atoms with E-state index in [1.54, 1.807) is 7.11 Å². The lowest BCUT2D eigenvalue weighted by atomic mass is 9.69. The average Bonchev–Trinajstić information content (AvgIpc) is 3.52. The minimum Gasteiger partial charge on any atom is -0.497 e. The fourth-order valence-electron chi connectivity index (χ4n) is 6.50. The number of hydrogen-bond donors (Lipinski definition) is 1. The van der Waals surface area contributed by atoms with Crippen molar-refractivity contribution in [2.75, 3.05) is 19.0 Å². The zero-order chi connectivity index (χ0) is 22.6. The van der Waals surface area contributed by atoms with E-state index in [1.807, 2.05) is 66.7 Å². The van der Waals surface area contributed by atoms with E-state index >= 15 is 0 Å². The van der Waals surface area contributed by atoms with Crippen molar-refractivity contribution in [3.8, 4) is 5.75 Å². The van der Waals surface area contributed by atoms with E-state index in [0.717, 1.165) is 36.2 Å². The van der Waals surface area contributed by atoms with Crippen molar-refractivity contribution in [2.45, 2.75) is 30.3 Å². The fourth-order valence-corrected chi connectivity index (χ4v) is 6.50. The molecule has 0 radical (unpaired) electrons. The number of anilines is 1. The second kappa shape index (κ2) is 7.56. The van der Waals surface area contributed by atoms with Gasteiger partial charge in [0.05, 0.1) is 13.0 Å². The number of rotatable bonds is 4. The van der Waals surface area contributed by atoms with E-state index in [1.165, 1.54) is 0 Å².